The molecule has 0 N–H and O–H groups in total. The van der Waals surface area contributed by atoms with Crippen molar-refractivity contribution in [3.63, 3.8) is 0 Å². The van der Waals surface area contributed by atoms with Gasteiger partial charge in [0.05, 0.1) is 0 Å². The molecule has 0 saturated carbocycles. The van der Waals surface area contributed by atoms with Crippen LogP contribution in [0.15, 0.2) is 168 Å². The molecule has 10 aromatic rings. The zero-order valence-corrected chi connectivity index (χ0v) is 27.6. The smallest absolute Gasteiger partial charge is 0.165 e. The van der Waals surface area contributed by atoms with Crippen molar-refractivity contribution in [2.45, 2.75) is 0 Å². The molecule has 5 heteroatoms. The number of furan rings is 1. The summed E-state index contributed by atoms with van der Waals surface area (Å²) < 4.78 is 8.49. The Morgan fingerprint density at radius 3 is 1.82 bits per heavy atom. The Morgan fingerprint density at radius 2 is 0.960 bits per heavy atom. The summed E-state index contributed by atoms with van der Waals surface area (Å²) in [5, 5.41) is 4.69. The lowest BCUT2D eigenvalue weighted by Gasteiger charge is -2.12. The van der Waals surface area contributed by atoms with E-state index in [1.165, 1.54) is 20.2 Å². The van der Waals surface area contributed by atoms with Crippen LogP contribution in [0, 0.1) is 0 Å². The maximum atomic E-state index is 6.07. The topological polar surface area (TPSA) is 51.8 Å². The van der Waals surface area contributed by atoms with Crippen LogP contribution >= 0.6 is 11.3 Å². The molecule has 0 aliphatic heterocycles. The van der Waals surface area contributed by atoms with Gasteiger partial charge in [-0.1, -0.05) is 133 Å². The van der Waals surface area contributed by atoms with Crippen molar-refractivity contribution in [1.82, 2.24) is 15.0 Å². The lowest BCUT2D eigenvalue weighted by molar-refractivity contribution is 0.669. The summed E-state index contributed by atoms with van der Waals surface area (Å²) in [4.78, 5) is 15.5. The van der Waals surface area contributed by atoms with Gasteiger partial charge in [0.25, 0.3) is 0 Å². The molecule has 0 atom stereocenters. The molecule has 50 heavy (non-hydrogen) atoms. The second-order valence-corrected chi connectivity index (χ2v) is 13.4. The fourth-order valence-electron chi connectivity index (χ4n) is 6.93. The molecule has 0 saturated heterocycles. The van der Waals surface area contributed by atoms with Crippen LogP contribution in [0.5, 0.6) is 0 Å². The normalized spacial score (nSPS) is 11.6. The van der Waals surface area contributed by atoms with Crippen LogP contribution in [-0.4, -0.2) is 15.0 Å². The average Bonchev–Trinajstić information content (AvgIpc) is 3.76. The molecule has 234 valence electrons. The lowest BCUT2D eigenvalue weighted by Crippen LogP contribution is -2.01. The van der Waals surface area contributed by atoms with Gasteiger partial charge in [0.2, 0.25) is 0 Å². The molecule has 4 nitrogen and oxygen atoms in total. The molecule has 10 rings (SSSR count). The van der Waals surface area contributed by atoms with Gasteiger partial charge in [-0.25, -0.2) is 15.0 Å². The van der Waals surface area contributed by atoms with Gasteiger partial charge in [-0.2, -0.15) is 0 Å². The minimum atomic E-state index is 0.633. The molecular formula is C45H27N3OS. The fourth-order valence-corrected chi connectivity index (χ4v) is 8.15. The Bertz CT molecular complexity index is 2870. The predicted octanol–water partition coefficient (Wildman–Crippen LogP) is 12.5. The summed E-state index contributed by atoms with van der Waals surface area (Å²) in [7, 11) is 0. The van der Waals surface area contributed by atoms with Gasteiger partial charge in [-0.3, -0.25) is 0 Å². The second-order valence-electron chi connectivity index (χ2n) is 12.4. The number of benzene rings is 7. The third-order valence-electron chi connectivity index (χ3n) is 9.39. The summed E-state index contributed by atoms with van der Waals surface area (Å²) in [5.41, 5.74) is 9.11. The van der Waals surface area contributed by atoms with Gasteiger partial charge in [-0.15, -0.1) is 11.3 Å². The number of para-hydroxylation sites is 1. The maximum absolute atomic E-state index is 6.07. The average molecular weight is 658 g/mol. The Hall–Kier alpha value is -6.43. The van der Waals surface area contributed by atoms with E-state index in [1.54, 1.807) is 11.3 Å². The van der Waals surface area contributed by atoms with Crippen molar-refractivity contribution < 1.29 is 4.42 Å². The molecule has 0 aliphatic carbocycles. The summed E-state index contributed by atoms with van der Waals surface area (Å²) >= 11 is 1.78. The van der Waals surface area contributed by atoms with E-state index in [2.05, 4.69) is 140 Å². The van der Waals surface area contributed by atoms with Gasteiger partial charge >= 0.3 is 0 Å². The first kappa shape index (κ1) is 28.6. The van der Waals surface area contributed by atoms with E-state index in [-0.39, 0.29) is 0 Å². The molecule has 0 spiro atoms. The molecule has 0 fully saturated rings. The molecule has 0 aliphatic rings. The summed E-state index contributed by atoms with van der Waals surface area (Å²) in [6.45, 7) is 0. The van der Waals surface area contributed by atoms with Gasteiger partial charge in [0.1, 0.15) is 11.2 Å². The first-order valence-corrected chi connectivity index (χ1v) is 17.4. The summed E-state index contributed by atoms with van der Waals surface area (Å²) in [6, 6.07) is 56.8. The van der Waals surface area contributed by atoms with Crippen LogP contribution in [0.1, 0.15) is 0 Å². The van der Waals surface area contributed by atoms with Crippen molar-refractivity contribution in [1.29, 1.82) is 0 Å². The van der Waals surface area contributed by atoms with E-state index in [1.807, 2.05) is 24.3 Å². The van der Waals surface area contributed by atoms with Gasteiger partial charge in [-0.05, 0) is 52.6 Å². The third kappa shape index (κ3) is 4.79. The van der Waals surface area contributed by atoms with Crippen LogP contribution in [-0.2, 0) is 0 Å². The van der Waals surface area contributed by atoms with Gasteiger partial charge < -0.3 is 4.42 Å². The van der Waals surface area contributed by atoms with Gasteiger partial charge in [0, 0.05) is 47.6 Å². The highest BCUT2D eigenvalue weighted by atomic mass is 32.1. The minimum Gasteiger partial charge on any atom is -0.456 e. The molecule has 0 radical (unpaired) electrons. The summed E-state index contributed by atoms with van der Waals surface area (Å²) in [5.74, 6) is 1.93. The van der Waals surface area contributed by atoms with Crippen LogP contribution in [0.25, 0.3) is 98.5 Å². The first-order chi connectivity index (χ1) is 24.8. The van der Waals surface area contributed by atoms with Crippen LogP contribution in [0.4, 0.5) is 0 Å². The van der Waals surface area contributed by atoms with E-state index >= 15 is 0 Å². The first-order valence-electron chi connectivity index (χ1n) is 16.6. The van der Waals surface area contributed by atoms with E-state index < -0.39 is 0 Å². The molecular weight excluding hydrogens is 631 g/mol. The predicted molar refractivity (Wildman–Crippen MR) is 207 cm³/mol. The zero-order valence-electron chi connectivity index (χ0n) is 26.7. The van der Waals surface area contributed by atoms with Crippen molar-refractivity contribution >= 4 is 53.4 Å². The standard InChI is InChI=1S/C45H27N3OS/c1-2-11-29(12-3-1)32-13-4-5-16-36(32)44-46-43(47-45(48-44)37-18-10-17-35-34-15-7-9-20-41(34)50-42(35)37)30-23-21-28(22-24-30)31-25-26-40-38(27-31)33-14-6-8-19-39(33)49-40/h1-27H. The van der Waals surface area contributed by atoms with E-state index in [9.17, 15) is 0 Å². The lowest BCUT2D eigenvalue weighted by atomic mass is 9.99. The van der Waals surface area contributed by atoms with Crippen molar-refractivity contribution in [2.75, 3.05) is 0 Å². The van der Waals surface area contributed by atoms with E-state index in [4.69, 9.17) is 19.4 Å². The van der Waals surface area contributed by atoms with E-state index in [0.717, 1.165) is 60.9 Å². The Morgan fingerprint density at radius 1 is 0.360 bits per heavy atom. The summed E-state index contributed by atoms with van der Waals surface area (Å²) in [6.07, 6.45) is 0. The number of thiophene rings is 1. The van der Waals surface area contributed by atoms with Crippen molar-refractivity contribution in [2.24, 2.45) is 0 Å². The molecule has 0 amide bonds. The number of rotatable bonds is 5. The number of hydrogen-bond acceptors (Lipinski definition) is 5. The second kappa shape index (κ2) is 11.6. The van der Waals surface area contributed by atoms with Gasteiger partial charge in [0.15, 0.2) is 17.5 Å². The highest BCUT2D eigenvalue weighted by molar-refractivity contribution is 7.26. The Labute approximate surface area is 292 Å². The maximum Gasteiger partial charge on any atom is 0.165 e. The molecule has 0 bridgehead atoms. The molecule has 7 aromatic carbocycles. The number of fused-ring (bicyclic) bond motifs is 6. The van der Waals surface area contributed by atoms with Crippen LogP contribution in [0.2, 0.25) is 0 Å². The minimum absolute atomic E-state index is 0.633. The molecule has 3 heterocycles. The number of aromatic nitrogens is 3. The Balaban J connectivity index is 1.13. The van der Waals surface area contributed by atoms with Crippen LogP contribution < -0.4 is 0 Å². The van der Waals surface area contributed by atoms with Crippen molar-refractivity contribution in [3.05, 3.63) is 164 Å². The van der Waals surface area contributed by atoms with Crippen molar-refractivity contribution in [3.8, 4) is 56.4 Å². The number of hydrogen-bond donors (Lipinski definition) is 0. The highest BCUT2D eigenvalue weighted by Crippen LogP contribution is 2.40. The monoisotopic (exact) mass is 657 g/mol. The SMILES string of the molecule is c1ccc(-c2ccccc2-c2nc(-c3ccc(-c4ccc5oc6ccccc6c5c4)cc3)nc(-c3cccc4c3sc3ccccc34)n2)cc1. The van der Waals surface area contributed by atoms with Crippen LogP contribution in [0.3, 0.4) is 0 Å². The quantitative estimate of drug-likeness (QED) is 0.185. The Kier molecular flexibility index (Phi) is 6.64. The highest BCUT2D eigenvalue weighted by Gasteiger charge is 2.18. The zero-order chi connectivity index (χ0) is 33.0. The largest absolute Gasteiger partial charge is 0.456 e. The molecule has 0 unspecified atom stereocenters. The third-order valence-corrected chi connectivity index (χ3v) is 10.6. The molecule has 3 aromatic heterocycles. The van der Waals surface area contributed by atoms with E-state index in [0.29, 0.717) is 17.5 Å². The number of nitrogens with zero attached hydrogens (tertiary/aromatic N) is 3. The fraction of sp³-hybridized carbons (Fsp3) is 0.